The number of rotatable bonds is 2. The molecule has 0 amide bonds. The van der Waals surface area contributed by atoms with E-state index < -0.39 is 11.8 Å². The highest BCUT2D eigenvalue weighted by Gasteiger charge is 2.13. The van der Waals surface area contributed by atoms with Crippen molar-refractivity contribution in [3.63, 3.8) is 0 Å². The quantitative estimate of drug-likeness (QED) is 0.709. The summed E-state index contributed by atoms with van der Waals surface area (Å²) in [6.07, 6.45) is 0. The number of carboxylic acid groups (broad SMARTS) is 1. The molecule has 18 heavy (non-hydrogen) atoms. The van der Waals surface area contributed by atoms with Gasteiger partial charge < -0.3 is 16.6 Å². The Balaban J connectivity index is 2.65. The van der Waals surface area contributed by atoms with Gasteiger partial charge in [0.25, 0.3) is 0 Å². The Morgan fingerprint density at radius 2 is 1.83 bits per heavy atom. The van der Waals surface area contributed by atoms with Crippen LogP contribution in [0.4, 0.5) is 15.8 Å². The molecule has 0 atom stereocenters. The lowest BCUT2D eigenvalue weighted by atomic mass is 9.98. The van der Waals surface area contributed by atoms with Crippen LogP contribution in [0.15, 0.2) is 36.4 Å². The van der Waals surface area contributed by atoms with Crippen molar-refractivity contribution in [2.45, 2.75) is 0 Å². The maximum Gasteiger partial charge on any atom is 0.336 e. The third-order valence-corrected chi connectivity index (χ3v) is 2.59. The van der Waals surface area contributed by atoms with E-state index in [0.717, 1.165) is 0 Å². The van der Waals surface area contributed by atoms with Crippen LogP contribution < -0.4 is 11.5 Å². The first-order chi connectivity index (χ1) is 8.49. The number of carboxylic acids is 1. The minimum absolute atomic E-state index is 0.0135. The molecule has 0 saturated heterocycles. The van der Waals surface area contributed by atoms with Crippen molar-refractivity contribution < 1.29 is 14.3 Å². The molecule has 2 aromatic carbocycles. The number of hydrogen-bond donors (Lipinski definition) is 3. The van der Waals surface area contributed by atoms with Gasteiger partial charge in [-0.1, -0.05) is 6.07 Å². The summed E-state index contributed by atoms with van der Waals surface area (Å²) in [5.41, 5.74) is 12.3. The standard InChI is InChI=1S/C13H11FN2O2/c14-11-5-7(1-4-12(11)16)10-6-8(15)2-3-9(10)13(17)18/h1-6H,15-16H2,(H,17,18). The summed E-state index contributed by atoms with van der Waals surface area (Å²) in [5.74, 6) is -1.69. The van der Waals surface area contributed by atoms with E-state index in [2.05, 4.69) is 0 Å². The van der Waals surface area contributed by atoms with E-state index in [1.54, 1.807) is 6.07 Å². The lowest BCUT2D eigenvalue weighted by Gasteiger charge is -2.08. The monoisotopic (exact) mass is 246 g/mol. The average Bonchev–Trinajstić information content (AvgIpc) is 2.32. The zero-order chi connectivity index (χ0) is 13.3. The normalized spacial score (nSPS) is 10.3. The highest BCUT2D eigenvalue weighted by molar-refractivity contribution is 5.97. The molecule has 0 aliphatic carbocycles. The molecule has 0 spiro atoms. The highest BCUT2D eigenvalue weighted by Crippen LogP contribution is 2.28. The van der Waals surface area contributed by atoms with Gasteiger partial charge >= 0.3 is 5.97 Å². The molecule has 5 heteroatoms. The fourth-order valence-electron chi connectivity index (χ4n) is 1.68. The van der Waals surface area contributed by atoms with Crippen molar-refractivity contribution in [1.29, 1.82) is 0 Å². The van der Waals surface area contributed by atoms with Crippen molar-refractivity contribution >= 4 is 17.3 Å². The Kier molecular flexibility index (Phi) is 2.89. The third-order valence-electron chi connectivity index (χ3n) is 2.59. The lowest BCUT2D eigenvalue weighted by Crippen LogP contribution is -2.01. The van der Waals surface area contributed by atoms with E-state index in [1.165, 1.54) is 30.3 Å². The molecular weight excluding hydrogens is 235 g/mol. The summed E-state index contributed by atoms with van der Waals surface area (Å²) in [6, 6.07) is 8.51. The fraction of sp³-hybridized carbons (Fsp3) is 0. The van der Waals surface area contributed by atoms with Crippen molar-refractivity contribution in [2.75, 3.05) is 11.5 Å². The molecule has 0 radical (unpaired) electrons. The number of benzene rings is 2. The number of nitrogen functional groups attached to an aromatic ring is 2. The van der Waals surface area contributed by atoms with Crippen LogP contribution >= 0.6 is 0 Å². The molecule has 5 N–H and O–H groups in total. The Morgan fingerprint density at radius 3 is 2.44 bits per heavy atom. The molecule has 0 bridgehead atoms. The summed E-state index contributed by atoms with van der Waals surface area (Å²) >= 11 is 0. The zero-order valence-corrected chi connectivity index (χ0v) is 9.35. The second-order valence-electron chi connectivity index (χ2n) is 3.85. The van der Waals surface area contributed by atoms with Crippen LogP contribution in [-0.4, -0.2) is 11.1 Å². The summed E-state index contributed by atoms with van der Waals surface area (Å²) in [4.78, 5) is 11.1. The van der Waals surface area contributed by atoms with E-state index in [1.807, 2.05) is 0 Å². The number of hydrogen-bond acceptors (Lipinski definition) is 3. The van der Waals surface area contributed by atoms with E-state index in [4.69, 9.17) is 16.6 Å². The largest absolute Gasteiger partial charge is 0.478 e. The summed E-state index contributed by atoms with van der Waals surface area (Å²) in [5, 5.41) is 9.08. The first-order valence-electron chi connectivity index (χ1n) is 5.17. The third kappa shape index (κ3) is 2.10. The van der Waals surface area contributed by atoms with Gasteiger partial charge in [0, 0.05) is 5.69 Å². The van der Waals surface area contributed by atoms with Gasteiger partial charge in [0.1, 0.15) is 5.82 Å². The molecule has 0 saturated carbocycles. The van der Waals surface area contributed by atoms with Crippen LogP contribution in [0.1, 0.15) is 10.4 Å². The van der Waals surface area contributed by atoms with Gasteiger partial charge in [-0.15, -0.1) is 0 Å². The first kappa shape index (κ1) is 11.9. The van der Waals surface area contributed by atoms with Crippen LogP contribution in [-0.2, 0) is 0 Å². The van der Waals surface area contributed by atoms with Crippen LogP contribution in [0.25, 0.3) is 11.1 Å². The average molecular weight is 246 g/mol. The van der Waals surface area contributed by atoms with Crippen LogP contribution in [0.5, 0.6) is 0 Å². The molecule has 0 aliphatic rings. The van der Waals surface area contributed by atoms with Crippen molar-refractivity contribution in [2.24, 2.45) is 0 Å². The van der Waals surface area contributed by atoms with E-state index in [-0.39, 0.29) is 11.3 Å². The van der Waals surface area contributed by atoms with E-state index in [0.29, 0.717) is 16.8 Å². The number of halogens is 1. The van der Waals surface area contributed by atoms with Crippen LogP contribution in [0.3, 0.4) is 0 Å². The maximum atomic E-state index is 13.4. The van der Waals surface area contributed by atoms with Crippen LogP contribution in [0.2, 0.25) is 0 Å². The van der Waals surface area contributed by atoms with E-state index in [9.17, 15) is 9.18 Å². The number of aromatic carboxylic acids is 1. The predicted octanol–water partition coefficient (Wildman–Crippen LogP) is 2.36. The van der Waals surface area contributed by atoms with Crippen LogP contribution in [0, 0.1) is 5.82 Å². The molecule has 2 aromatic rings. The summed E-state index contributed by atoms with van der Waals surface area (Å²) < 4.78 is 13.4. The molecule has 0 unspecified atom stereocenters. The van der Waals surface area contributed by atoms with Gasteiger partial charge in [0.2, 0.25) is 0 Å². The Hall–Kier alpha value is -2.56. The Bertz CT molecular complexity index is 626. The minimum atomic E-state index is -1.10. The Labute approximate surface area is 103 Å². The van der Waals surface area contributed by atoms with Gasteiger partial charge in [-0.2, -0.15) is 0 Å². The number of anilines is 2. The predicted molar refractivity (Wildman–Crippen MR) is 67.6 cm³/mol. The van der Waals surface area contributed by atoms with E-state index >= 15 is 0 Å². The van der Waals surface area contributed by atoms with Gasteiger partial charge in [-0.05, 0) is 41.5 Å². The fourth-order valence-corrected chi connectivity index (χ4v) is 1.68. The zero-order valence-electron chi connectivity index (χ0n) is 9.35. The highest BCUT2D eigenvalue weighted by atomic mass is 19.1. The molecule has 0 fully saturated rings. The number of carbonyl (C=O) groups is 1. The van der Waals surface area contributed by atoms with Gasteiger partial charge in [-0.25, -0.2) is 9.18 Å². The molecule has 4 nitrogen and oxygen atoms in total. The second kappa shape index (κ2) is 4.37. The molecular formula is C13H11FN2O2. The minimum Gasteiger partial charge on any atom is -0.478 e. The van der Waals surface area contributed by atoms with Crippen molar-refractivity contribution in [3.05, 3.63) is 47.8 Å². The molecule has 0 aromatic heterocycles. The topological polar surface area (TPSA) is 89.3 Å². The molecule has 2 rings (SSSR count). The van der Waals surface area contributed by atoms with Gasteiger partial charge in [-0.3, -0.25) is 0 Å². The molecule has 0 heterocycles. The van der Waals surface area contributed by atoms with Gasteiger partial charge in [0.15, 0.2) is 0 Å². The smallest absolute Gasteiger partial charge is 0.336 e. The molecule has 0 aliphatic heterocycles. The Morgan fingerprint density at radius 1 is 1.11 bits per heavy atom. The lowest BCUT2D eigenvalue weighted by molar-refractivity contribution is 0.0698. The summed E-state index contributed by atoms with van der Waals surface area (Å²) in [6.45, 7) is 0. The first-order valence-corrected chi connectivity index (χ1v) is 5.17. The van der Waals surface area contributed by atoms with Crippen molar-refractivity contribution in [1.82, 2.24) is 0 Å². The van der Waals surface area contributed by atoms with Gasteiger partial charge in [0.05, 0.1) is 11.3 Å². The second-order valence-corrected chi connectivity index (χ2v) is 3.85. The van der Waals surface area contributed by atoms with Crippen molar-refractivity contribution in [3.8, 4) is 11.1 Å². The number of nitrogens with two attached hydrogens (primary N) is 2. The maximum absolute atomic E-state index is 13.4. The SMILES string of the molecule is Nc1ccc(C(=O)O)c(-c2ccc(N)c(F)c2)c1. The summed E-state index contributed by atoms with van der Waals surface area (Å²) in [7, 11) is 0. The molecule has 92 valence electrons.